The van der Waals surface area contributed by atoms with Gasteiger partial charge in [0, 0.05) is 31.1 Å². The second-order valence-electron chi connectivity index (χ2n) is 6.36. The Kier molecular flexibility index (Phi) is 6.04. The molecular weight excluding hydrogens is 388 g/mol. The maximum atomic E-state index is 12.6. The number of hydrogen-bond acceptors (Lipinski definition) is 4. The molecule has 1 N–H and O–H groups in total. The average molecular weight is 409 g/mol. The molecule has 2 aromatic carbocycles. The lowest BCUT2D eigenvalue weighted by Crippen LogP contribution is -2.24. The van der Waals surface area contributed by atoms with E-state index in [9.17, 15) is 13.2 Å². The van der Waals surface area contributed by atoms with Crippen molar-refractivity contribution >= 4 is 27.5 Å². The normalized spacial score (nSPS) is 14.6. The van der Waals surface area contributed by atoms with Crippen LogP contribution in [0.25, 0.3) is 0 Å². The Morgan fingerprint density at radius 3 is 2.48 bits per heavy atom. The number of amides is 1. The molecule has 0 atom stereocenters. The molecular formula is C19H21ClN2O4S. The summed E-state index contributed by atoms with van der Waals surface area (Å²) in [4.78, 5) is 13.5. The quantitative estimate of drug-likeness (QED) is 0.764. The zero-order valence-electron chi connectivity index (χ0n) is 14.9. The van der Waals surface area contributed by atoms with Gasteiger partial charge in [-0.3, -0.25) is 4.79 Å². The van der Waals surface area contributed by atoms with E-state index in [0.29, 0.717) is 18.0 Å². The van der Waals surface area contributed by atoms with Crippen LogP contribution in [-0.4, -0.2) is 32.9 Å². The lowest BCUT2D eigenvalue weighted by molar-refractivity contribution is -0.128. The van der Waals surface area contributed by atoms with E-state index >= 15 is 0 Å². The number of rotatable bonds is 7. The van der Waals surface area contributed by atoms with E-state index in [0.717, 1.165) is 24.1 Å². The number of sulfonamides is 1. The molecule has 0 bridgehead atoms. The molecule has 3 rings (SSSR count). The largest absolute Gasteiger partial charge is 0.495 e. The van der Waals surface area contributed by atoms with E-state index < -0.39 is 10.0 Å². The third-order valence-electron chi connectivity index (χ3n) is 4.45. The molecule has 2 aromatic rings. The van der Waals surface area contributed by atoms with Gasteiger partial charge >= 0.3 is 0 Å². The van der Waals surface area contributed by atoms with Gasteiger partial charge in [-0.05, 0) is 35.7 Å². The Bertz CT molecular complexity index is 929. The molecule has 0 saturated carbocycles. The smallest absolute Gasteiger partial charge is 0.244 e. The van der Waals surface area contributed by atoms with Gasteiger partial charge in [-0.25, -0.2) is 13.1 Å². The van der Waals surface area contributed by atoms with E-state index in [2.05, 4.69) is 4.72 Å². The van der Waals surface area contributed by atoms with Gasteiger partial charge in [0.2, 0.25) is 15.9 Å². The summed E-state index contributed by atoms with van der Waals surface area (Å²) in [6.07, 6.45) is 1.53. The topological polar surface area (TPSA) is 75.7 Å². The van der Waals surface area contributed by atoms with Crippen LogP contribution in [0.1, 0.15) is 24.0 Å². The van der Waals surface area contributed by atoms with Gasteiger partial charge in [0.1, 0.15) is 10.6 Å². The SMILES string of the molecule is COc1ccc(Cl)cc1S(=O)(=O)NCc1ccc(CN2CCCC2=O)cc1. The molecule has 1 aliphatic heterocycles. The number of nitrogens with one attached hydrogen (secondary N) is 1. The summed E-state index contributed by atoms with van der Waals surface area (Å²) in [6, 6.07) is 12.0. The van der Waals surface area contributed by atoms with E-state index in [1.165, 1.54) is 19.2 Å². The van der Waals surface area contributed by atoms with Gasteiger partial charge in [0.05, 0.1) is 7.11 Å². The van der Waals surface area contributed by atoms with Crippen molar-refractivity contribution in [2.24, 2.45) is 0 Å². The van der Waals surface area contributed by atoms with Gasteiger partial charge in [0.25, 0.3) is 0 Å². The lowest BCUT2D eigenvalue weighted by Gasteiger charge is -2.15. The van der Waals surface area contributed by atoms with Crippen molar-refractivity contribution in [3.63, 3.8) is 0 Å². The van der Waals surface area contributed by atoms with Crippen molar-refractivity contribution in [1.29, 1.82) is 0 Å². The van der Waals surface area contributed by atoms with Crippen LogP contribution in [-0.2, 0) is 27.9 Å². The Morgan fingerprint density at radius 1 is 1.15 bits per heavy atom. The highest BCUT2D eigenvalue weighted by molar-refractivity contribution is 7.89. The van der Waals surface area contributed by atoms with Crippen LogP contribution in [0.5, 0.6) is 5.75 Å². The van der Waals surface area contributed by atoms with Crippen molar-refractivity contribution in [3.8, 4) is 5.75 Å². The van der Waals surface area contributed by atoms with Crippen LogP contribution in [0.4, 0.5) is 0 Å². The average Bonchev–Trinajstić information content (AvgIpc) is 3.06. The maximum absolute atomic E-state index is 12.6. The fraction of sp³-hybridized carbons (Fsp3) is 0.316. The predicted octanol–water partition coefficient (Wildman–Crippen LogP) is 2.95. The summed E-state index contributed by atoms with van der Waals surface area (Å²) < 4.78 is 32.8. The molecule has 0 unspecified atom stereocenters. The van der Waals surface area contributed by atoms with E-state index in [-0.39, 0.29) is 23.1 Å². The number of hydrogen-bond donors (Lipinski definition) is 1. The van der Waals surface area contributed by atoms with Gasteiger partial charge in [-0.1, -0.05) is 35.9 Å². The third-order valence-corrected chi connectivity index (χ3v) is 6.11. The van der Waals surface area contributed by atoms with Crippen molar-refractivity contribution in [3.05, 3.63) is 58.6 Å². The number of halogens is 1. The minimum Gasteiger partial charge on any atom is -0.495 e. The lowest BCUT2D eigenvalue weighted by atomic mass is 10.1. The van der Waals surface area contributed by atoms with Crippen LogP contribution in [0.2, 0.25) is 5.02 Å². The Labute approximate surface area is 164 Å². The molecule has 0 aliphatic carbocycles. The van der Waals surface area contributed by atoms with Gasteiger partial charge in [-0.15, -0.1) is 0 Å². The maximum Gasteiger partial charge on any atom is 0.244 e. The summed E-state index contributed by atoms with van der Waals surface area (Å²) in [5, 5.41) is 0.317. The number of benzene rings is 2. The van der Waals surface area contributed by atoms with Gasteiger partial charge in [-0.2, -0.15) is 0 Å². The molecule has 27 heavy (non-hydrogen) atoms. The zero-order chi connectivity index (χ0) is 19.4. The Balaban J connectivity index is 1.66. The molecule has 0 radical (unpaired) electrons. The number of methoxy groups -OCH3 is 1. The van der Waals surface area contributed by atoms with Gasteiger partial charge < -0.3 is 9.64 Å². The van der Waals surface area contributed by atoms with Crippen LogP contribution in [0.15, 0.2) is 47.4 Å². The highest BCUT2D eigenvalue weighted by Gasteiger charge is 2.21. The molecule has 8 heteroatoms. The molecule has 1 aliphatic rings. The van der Waals surface area contributed by atoms with Crippen molar-refractivity contribution < 1.29 is 17.9 Å². The molecule has 0 aromatic heterocycles. The van der Waals surface area contributed by atoms with Crippen LogP contribution in [0, 0.1) is 0 Å². The Hall–Kier alpha value is -2.09. The number of nitrogens with zero attached hydrogens (tertiary/aromatic N) is 1. The number of carbonyl (C=O) groups is 1. The van der Waals surface area contributed by atoms with E-state index in [1.807, 2.05) is 29.2 Å². The van der Waals surface area contributed by atoms with Crippen LogP contribution >= 0.6 is 11.6 Å². The Morgan fingerprint density at radius 2 is 1.85 bits per heavy atom. The number of carbonyl (C=O) groups excluding carboxylic acids is 1. The van der Waals surface area contributed by atoms with E-state index in [4.69, 9.17) is 16.3 Å². The summed E-state index contributed by atoms with van der Waals surface area (Å²) in [5.41, 5.74) is 1.84. The molecule has 144 valence electrons. The fourth-order valence-electron chi connectivity index (χ4n) is 2.97. The minimum absolute atomic E-state index is 0.00154. The van der Waals surface area contributed by atoms with E-state index in [1.54, 1.807) is 6.07 Å². The highest BCUT2D eigenvalue weighted by Crippen LogP contribution is 2.27. The highest BCUT2D eigenvalue weighted by atomic mass is 35.5. The molecule has 1 fully saturated rings. The first-order valence-corrected chi connectivity index (χ1v) is 10.4. The second-order valence-corrected chi connectivity index (χ2v) is 8.53. The second kappa shape index (κ2) is 8.29. The molecule has 0 spiro atoms. The standard InChI is InChI=1S/C19H21ClN2O4S/c1-26-17-9-8-16(20)11-18(17)27(24,25)21-12-14-4-6-15(7-5-14)13-22-10-2-3-19(22)23/h4-9,11,21H,2-3,10,12-13H2,1H3. The van der Waals surface area contributed by atoms with Crippen molar-refractivity contribution in [2.75, 3.05) is 13.7 Å². The summed E-state index contributed by atoms with van der Waals surface area (Å²) in [6.45, 7) is 1.52. The van der Waals surface area contributed by atoms with Crippen molar-refractivity contribution in [1.82, 2.24) is 9.62 Å². The van der Waals surface area contributed by atoms with Crippen molar-refractivity contribution in [2.45, 2.75) is 30.8 Å². The number of likely N-dealkylation sites (tertiary alicyclic amines) is 1. The monoisotopic (exact) mass is 408 g/mol. The molecule has 1 heterocycles. The van der Waals surface area contributed by atoms with Crippen LogP contribution < -0.4 is 9.46 Å². The van der Waals surface area contributed by atoms with Crippen LogP contribution in [0.3, 0.4) is 0 Å². The fourth-order valence-corrected chi connectivity index (χ4v) is 4.42. The zero-order valence-corrected chi connectivity index (χ0v) is 16.5. The summed E-state index contributed by atoms with van der Waals surface area (Å²) in [5.74, 6) is 0.417. The summed E-state index contributed by atoms with van der Waals surface area (Å²) in [7, 11) is -2.36. The summed E-state index contributed by atoms with van der Waals surface area (Å²) >= 11 is 5.92. The molecule has 6 nitrogen and oxygen atoms in total. The van der Waals surface area contributed by atoms with Gasteiger partial charge in [0.15, 0.2) is 0 Å². The predicted molar refractivity (Wildman–Crippen MR) is 103 cm³/mol. The first kappa shape index (κ1) is 19.7. The minimum atomic E-state index is -3.77. The first-order chi connectivity index (χ1) is 12.9. The molecule has 1 saturated heterocycles. The first-order valence-electron chi connectivity index (χ1n) is 8.58. The molecule has 1 amide bonds. The number of ether oxygens (including phenoxy) is 1. The third kappa shape index (κ3) is 4.80.